The fourth-order valence-corrected chi connectivity index (χ4v) is 2.13. The van der Waals surface area contributed by atoms with Gasteiger partial charge in [-0.05, 0) is 19.1 Å². The first kappa shape index (κ1) is 12.1. The topological polar surface area (TPSA) is 43.8 Å². The minimum Gasteiger partial charge on any atom is -0.328 e. The lowest BCUT2D eigenvalue weighted by atomic mass is 9.95. The van der Waals surface area contributed by atoms with Gasteiger partial charge in [-0.1, -0.05) is 32.9 Å². The minimum atomic E-state index is 0.0302. The Balaban J connectivity index is 2.74. The maximum absolute atomic E-state index is 5.82. The summed E-state index contributed by atoms with van der Waals surface area (Å²) in [7, 11) is 0. The van der Waals surface area contributed by atoms with E-state index in [4.69, 9.17) is 10.7 Å². The van der Waals surface area contributed by atoms with Crippen LogP contribution in [0.5, 0.6) is 0 Å². The van der Waals surface area contributed by atoms with Gasteiger partial charge in [0, 0.05) is 18.0 Å². The van der Waals surface area contributed by atoms with E-state index in [-0.39, 0.29) is 11.5 Å². The molecule has 3 nitrogen and oxygen atoms in total. The van der Waals surface area contributed by atoms with E-state index < -0.39 is 0 Å². The van der Waals surface area contributed by atoms with E-state index in [1.807, 2.05) is 6.07 Å². The summed E-state index contributed by atoms with van der Waals surface area (Å²) in [4.78, 5) is 4.76. The van der Waals surface area contributed by atoms with E-state index in [1.54, 1.807) is 0 Å². The predicted octanol–water partition coefficient (Wildman–Crippen LogP) is 2.85. The highest BCUT2D eigenvalue weighted by atomic mass is 15.1. The molecule has 1 aromatic heterocycles. The zero-order chi connectivity index (χ0) is 12.6. The number of rotatable bonds is 2. The lowest BCUT2D eigenvalue weighted by Gasteiger charge is -2.23. The van der Waals surface area contributed by atoms with Gasteiger partial charge in [0.05, 0.1) is 11.0 Å². The van der Waals surface area contributed by atoms with Crippen molar-refractivity contribution in [2.45, 2.75) is 39.2 Å². The summed E-state index contributed by atoms with van der Waals surface area (Å²) in [5.41, 5.74) is 8.08. The van der Waals surface area contributed by atoms with Gasteiger partial charge < -0.3 is 10.3 Å². The van der Waals surface area contributed by atoms with Crippen molar-refractivity contribution in [1.29, 1.82) is 0 Å². The van der Waals surface area contributed by atoms with Crippen LogP contribution < -0.4 is 5.73 Å². The van der Waals surface area contributed by atoms with E-state index in [1.165, 1.54) is 5.52 Å². The number of hydrogen-bond donors (Lipinski definition) is 1. The van der Waals surface area contributed by atoms with Crippen LogP contribution in [0.25, 0.3) is 11.0 Å². The Morgan fingerprint density at radius 3 is 2.53 bits per heavy atom. The summed E-state index contributed by atoms with van der Waals surface area (Å²) in [6.45, 7) is 9.34. The molecule has 0 saturated carbocycles. The standard InChI is InChI=1S/C14H21N3/c1-10(9-15)17-12-8-6-5-7-11(12)16-13(17)14(2,3)4/h5-8,10H,9,15H2,1-4H3. The lowest BCUT2D eigenvalue weighted by molar-refractivity contribution is 0.464. The van der Waals surface area contributed by atoms with E-state index in [2.05, 4.69) is 50.5 Å². The Morgan fingerprint density at radius 2 is 1.94 bits per heavy atom. The SMILES string of the molecule is CC(CN)n1c(C(C)(C)C)nc2ccccc21. The van der Waals surface area contributed by atoms with Gasteiger partial charge in [-0.15, -0.1) is 0 Å². The van der Waals surface area contributed by atoms with Crippen molar-refractivity contribution in [2.75, 3.05) is 6.54 Å². The second kappa shape index (κ2) is 4.15. The van der Waals surface area contributed by atoms with Crippen LogP contribution >= 0.6 is 0 Å². The third-order valence-corrected chi connectivity index (χ3v) is 3.05. The first-order chi connectivity index (χ1) is 7.95. The average Bonchev–Trinajstić information content (AvgIpc) is 2.67. The van der Waals surface area contributed by atoms with Crippen LogP contribution in [0.2, 0.25) is 0 Å². The number of hydrogen-bond acceptors (Lipinski definition) is 2. The second-order valence-corrected chi connectivity index (χ2v) is 5.63. The zero-order valence-corrected chi connectivity index (χ0v) is 11.1. The Kier molecular flexibility index (Phi) is 2.96. The molecule has 2 rings (SSSR count). The molecule has 0 fully saturated rings. The van der Waals surface area contributed by atoms with E-state index in [0.717, 1.165) is 11.3 Å². The highest BCUT2D eigenvalue weighted by Gasteiger charge is 2.24. The lowest BCUT2D eigenvalue weighted by Crippen LogP contribution is -2.24. The molecule has 0 amide bonds. The van der Waals surface area contributed by atoms with Crippen molar-refractivity contribution < 1.29 is 0 Å². The molecule has 0 radical (unpaired) electrons. The van der Waals surface area contributed by atoms with Crippen LogP contribution in [-0.2, 0) is 5.41 Å². The molecule has 17 heavy (non-hydrogen) atoms. The van der Waals surface area contributed by atoms with Gasteiger partial charge in [-0.3, -0.25) is 0 Å². The molecular weight excluding hydrogens is 210 g/mol. The summed E-state index contributed by atoms with van der Waals surface area (Å²) in [5.74, 6) is 1.11. The molecule has 1 heterocycles. The number of aromatic nitrogens is 2. The number of imidazole rings is 1. The molecule has 1 atom stereocenters. The molecule has 0 bridgehead atoms. The molecule has 0 saturated heterocycles. The number of benzene rings is 1. The monoisotopic (exact) mass is 231 g/mol. The first-order valence-electron chi connectivity index (χ1n) is 6.12. The minimum absolute atomic E-state index is 0.0302. The van der Waals surface area contributed by atoms with Crippen LogP contribution in [0.15, 0.2) is 24.3 Å². The predicted molar refractivity (Wildman–Crippen MR) is 72.2 cm³/mol. The molecule has 0 spiro atoms. The summed E-state index contributed by atoms with van der Waals surface area (Å²) in [6.07, 6.45) is 0. The average molecular weight is 231 g/mol. The van der Waals surface area contributed by atoms with Crippen molar-refractivity contribution in [1.82, 2.24) is 9.55 Å². The molecule has 0 aliphatic rings. The third kappa shape index (κ3) is 2.07. The molecule has 1 unspecified atom stereocenters. The van der Waals surface area contributed by atoms with Gasteiger partial charge in [-0.2, -0.15) is 0 Å². The first-order valence-corrected chi connectivity index (χ1v) is 6.12. The van der Waals surface area contributed by atoms with Gasteiger partial charge >= 0.3 is 0 Å². The number of nitrogens with zero attached hydrogens (tertiary/aromatic N) is 2. The fourth-order valence-electron chi connectivity index (χ4n) is 2.13. The fraction of sp³-hybridized carbons (Fsp3) is 0.500. The maximum atomic E-state index is 5.82. The maximum Gasteiger partial charge on any atom is 0.115 e. The van der Waals surface area contributed by atoms with Gasteiger partial charge in [-0.25, -0.2) is 4.98 Å². The molecule has 92 valence electrons. The number of para-hydroxylation sites is 2. The molecule has 0 aliphatic carbocycles. The van der Waals surface area contributed by atoms with Crippen LogP contribution in [0.4, 0.5) is 0 Å². The summed E-state index contributed by atoms with van der Waals surface area (Å²) in [6, 6.07) is 8.53. The highest BCUT2D eigenvalue weighted by molar-refractivity contribution is 5.76. The van der Waals surface area contributed by atoms with E-state index in [0.29, 0.717) is 6.54 Å². The Bertz CT molecular complexity index is 520. The summed E-state index contributed by atoms with van der Waals surface area (Å²) >= 11 is 0. The molecule has 2 aromatic rings. The van der Waals surface area contributed by atoms with Gasteiger partial charge in [0.15, 0.2) is 0 Å². The van der Waals surface area contributed by atoms with E-state index in [9.17, 15) is 0 Å². The number of fused-ring (bicyclic) bond motifs is 1. The normalized spacial score (nSPS) is 14.2. The second-order valence-electron chi connectivity index (χ2n) is 5.63. The Labute approximate surface area is 103 Å². The smallest absolute Gasteiger partial charge is 0.115 e. The van der Waals surface area contributed by atoms with Crippen molar-refractivity contribution in [3.8, 4) is 0 Å². The van der Waals surface area contributed by atoms with Crippen molar-refractivity contribution in [3.05, 3.63) is 30.1 Å². The molecule has 0 aliphatic heterocycles. The number of nitrogens with two attached hydrogens (primary N) is 1. The Morgan fingerprint density at radius 1 is 1.29 bits per heavy atom. The summed E-state index contributed by atoms with van der Waals surface area (Å²) in [5, 5.41) is 0. The van der Waals surface area contributed by atoms with Crippen LogP contribution in [0.1, 0.15) is 39.6 Å². The molecule has 2 N–H and O–H groups in total. The van der Waals surface area contributed by atoms with Gasteiger partial charge in [0.2, 0.25) is 0 Å². The van der Waals surface area contributed by atoms with Crippen LogP contribution in [0, 0.1) is 0 Å². The van der Waals surface area contributed by atoms with Gasteiger partial charge in [0.1, 0.15) is 5.82 Å². The quantitative estimate of drug-likeness (QED) is 0.863. The Hall–Kier alpha value is -1.35. The van der Waals surface area contributed by atoms with Gasteiger partial charge in [0.25, 0.3) is 0 Å². The molecule has 1 aromatic carbocycles. The van der Waals surface area contributed by atoms with Crippen molar-refractivity contribution >= 4 is 11.0 Å². The van der Waals surface area contributed by atoms with Crippen molar-refractivity contribution in [3.63, 3.8) is 0 Å². The highest BCUT2D eigenvalue weighted by Crippen LogP contribution is 2.28. The summed E-state index contributed by atoms with van der Waals surface area (Å²) < 4.78 is 2.27. The van der Waals surface area contributed by atoms with Crippen molar-refractivity contribution in [2.24, 2.45) is 5.73 Å². The molecule has 3 heteroatoms. The van der Waals surface area contributed by atoms with Crippen LogP contribution in [-0.4, -0.2) is 16.1 Å². The third-order valence-electron chi connectivity index (χ3n) is 3.05. The van der Waals surface area contributed by atoms with E-state index >= 15 is 0 Å². The van der Waals surface area contributed by atoms with Crippen LogP contribution in [0.3, 0.4) is 0 Å². The largest absolute Gasteiger partial charge is 0.328 e. The molecular formula is C14H21N3. The zero-order valence-electron chi connectivity index (χ0n) is 11.1.